The first-order valence-electron chi connectivity index (χ1n) is 8.29. The average molecular weight is 352 g/mol. The lowest BCUT2D eigenvalue weighted by molar-refractivity contribution is -0.148. The minimum Gasteiger partial charge on any atom is -0.480 e. The van der Waals surface area contributed by atoms with Gasteiger partial charge in [0.2, 0.25) is 0 Å². The molecule has 5 heteroatoms. The maximum Gasteiger partial charge on any atom is 0.329 e. The monoisotopic (exact) mass is 352 g/mol. The molecule has 0 unspecified atom stereocenters. The van der Waals surface area contributed by atoms with E-state index in [-0.39, 0.29) is 6.61 Å². The van der Waals surface area contributed by atoms with E-state index in [1.807, 2.05) is 60.7 Å². The van der Waals surface area contributed by atoms with Crippen molar-refractivity contribution in [1.29, 1.82) is 0 Å². The Morgan fingerprint density at radius 3 is 1.88 bits per heavy atom. The molecule has 0 fully saturated rings. The minimum atomic E-state index is -1.04. The number of aliphatic carboxylic acids is 1. The number of furan rings is 1. The average Bonchev–Trinajstić information content (AvgIpc) is 3.14. The number of benzene rings is 2. The summed E-state index contributed by atoms with van der Waals surface area (Å²) in [6.45, 7) is -0.642. The normalized spacial score (nSPS) is 11.4. The standard InChI is InChI=1S/C21H20O5/c22-14-19-12-11-18(26-19)13-21(25-15-20(23)24,16-7-3-1-4-8-16)17-9-5-2-6-10-17/h1-12,22H,13-15H2,(H,23,24). The number of ether oxygens (including phenoxy) is 1. The second-order valence-corrected chi connectivity index (χ2v) is 5.94. The highest BCUT2D eigenvalue weighted by atomic mass is 16.5. The fourth-order valence-electron chi connectivity index (χ4n) is 3.04. The highest BCUT2D eigenvalue weighted by Gasteiger charge is 2.37. The molecule has 0 bridgehead atoms. The van der Waals surface area contributed by atoms with Crippen LogP contribution in [0.2, 0.25) is 0 Å². The molecule has 0 aliphatic carbocycles. The molecule has 0 saturated carbocycles. The molecule has 5 nitrogen and oxygen atoms in total. The Morgan fingerprint density at radius 1 is 0.885 bits per heavy atom. The molecule has 26 heavy (non-hydrogen) atoms. The van der Waals surface area contributed by atoms with Crippen LogP contribution in [0.15, 0.2) is 77.2 Å². The van der Waals surface area contributed by atoms with Gasteiger partial charge in [0.25, 0.3) is 0 Å². The first kappa shape index (κ1) is 17.9. The zero-order valence-corrected chi connectivity index (χ0v) is 14.2. The fourth-order valence-corrected chi connectivity index (χ4v) is 3.04. The van der Waals surface area contributed by atoms with Gasteiger partial charge >= 0.3 is 5.97 Å². The smallest absolute Gasteiger partial charge is 0.329 e. The first-order valence-corrected chi connectivity index (χ1v) is 8.29. The van der Waals surface area contributed by atoms with Crippen LogP contribution in [0.4, 0.5) is 0 Å². The van der Waals surface area contributed by atoms with Crippen molar-refractivity contribution in [3.63, 3.8) is 0 Å². The second kappa shape index (κ2) is 7.99. The molecule has 0 amide bonds. The Kier molecular flexibility index (Phi) is 5.51. The summed E-state index contributed by atoms with van der Waals surface area (Å²) in [7, 11) is 0. The van der Waals surface area contributed by atoms with Gasteiger partial charge in [-0.2, -0.15) is 0 Å². The van der Waals surface area contributed by atoms with Gasteiger partial charge in [0.05, 0.1) is 0 Å². The first-order chi connectivity index (χ1) is 12.6. The van der Waals surface area contributed by atoms with Crippen molar-refractivity contribution in [3.8, 4) is 0 Å². The predicted molar refractivity (Wildman–Crippen MR) is 95.6 cm³/mol. The lowest BCUT2D eigenvalue weighted by atomic mass is 9.82. The number of carbonyl (C=O) groups is 1. The summed E-state index contributed by atoms with van der Waals surface area (Å²) in [6.07, 6.45) is 0.300. The predicted octanol–water partition coefficient (Wildman–Crippen LogP) is 3.36. The van der Waals surface area contributed by atoms with E-state index in [2.05, 4.69) is 0 Å². The molecule has 1 heterocycles. The third-order valence-electron chi connectivity index (χ3n) is 4.22. The van der Waals surface area contributed by atoms with Crippen molar-refractivity contribution in [1.82, 2.24) is 0 Å². The zero-order valence-electron chi connectivity index (χ0n) is 14.2. The van der Waals surface area contributed by atoms with Crippen LogP contribution >= 0.6 is 0 Å². The summed E-state index contributed by atoms with van der Waals surface area (Å²) in [4.78, 5) is 11.2. The van der Waals surface area contributed by atoms with E-state index in [4.69, 9.17) is 9.15 Å². The molecule has 0 radical (unpaired) electrons. The molecule has 1 aromatic heterocycles. The van der Waals surface area contributed by atoms with Gasteiger partial charge < -0.3 is 19.4 Å². The summed E-state index contributed by atoms with van der Waals surface area (Å²) in [5.41, 5.74) is 0.634. The summed E-state index contributed by atoms with van der Waals surface area (Å²) in [5, 5.41) is 18.5. The van der Waals surface area contributed by atoms with Crippen LogP contribution in [0.3, 0.4) is 0 Å². The van der Waals surface area contributed by atoms with E-state index in [1.54, 1.807) is 12.1 Å². The molecule has 0 spiro atoms. The van der Waals surface area contributed by atoms with Crippen LogP contribution in [-0.2, 0) is 28.2 Å². The van der Waals surface area contributed by atoms with E-state index in [1.165, 1.54) is 0 Å². The van der Waals surface area contributed by atoms with Gasteiger partial charge in [-0.3, -0.25) is 0 Å². The molecule has 0 atom stereocenters. The number of carboxylic acids is 1. The van der Waals surface area contributed by atoms with Gasteiger partial charge in [0, 0.05) is 6.42 Å². The van der Waals surface area contributed by atoms with Crippen molar-refractivity contribution >= 4 is 5.97 Å². The highest BCUT2D eigenvalue weighted by molar-refractivity contribution is 5.68. The van der Waals surface area contributed by atoms with E-state index < -0.39 is 18.2 Å². The number of rotatable bonds is 8. The molecule has 3 rings (SSSR count). The molecule has 0 aliphatic heterocycles. The molecular weight excluding hydrogens is 332 g/mol. The van der Waals surface area contributed by atoms with E-state index >= 15 is 0 Å². The molecular formula is C21H20O5. The van der Waals surface area contributed by atoms with Crippen molar-refractivity contribution in [2.24, 2.45) is 0 Å². The van der Waals surface area contributed by atoms with Gasteiger partial charge in [-0.05, 0) is 23.3 Å². The molecule has 134 valence electrons. The number of hydrogen-bond donors (Lipinski definition) is 2. The van der Waals surface area contributed by atoms with Crippen LogP contribution in [0, 0.1) is 0 Å². The van der Waals surface area contributed by atoms with Crippen LogP contribution in [-0.4, -0.2) is 22.8 Å². The molecule has 3 aromatic rings. The van der Waals surface area contributed by atoms with Gasteiger partial charge in [0.1, 0.15) is 30.3 Å². The Labute approximate surface area is 151 Å². The third kappa shape index (κ3) is 3.85. The molecule has 0 saturated heterocycles. The summed E-state index contributed by atoms with van der Waals surface area (Å²) < 4.78 is 11.6. The SMILES string of the molecule is O=C(O)COC(Cc1ccc(CO)o1)(c1ccccc1)c1ccccc1. The van der Waals surface area contributed by atoms with Crippen molar-refractivity contribution in [2.45, 2.75) is 18.6 Å². The lowest BCUT2D eigenvalue weighted by Crippen LogP contribution is -2.35. The van der Waals surface area contributed by atoms with Crippen molar-refractivity contribution in [2.75, 3.05) is 6.61 Å². The van der Waals surface area contributed by atoms with Gasteiger partial charge in [-0.1, -0.05) is 60.7 Å². The summed E-state index contributed by atoms with van der Waals surface area (Å²) >= 11 is 0. The lowest BCUT2D eigenvalue weighted by Gasteiger charge is -2.34. The van der Waals surface area contributed by atoms with Crippen molar-refractivity contribution < 1.29 is 24.2 Å². The van der Waals surface area contributed by atoms with Gasteiger partial charge in [-0.15, -0.1) is 0 Å². The third-order valence-corrected chi connectivity index (χ3v) is 4.22. The Bertz CT molecular complexity index is 800. The van der Waals surface area contributed by atoms with Crippen LogP contribution < -0.4 is 0 Å². The summed E-state index contributed by atoms with van der Waals surface area (Å²) in [5.74, 6) is 0.0112. The largest absolute Gasteiger partial charge is 0.480 e. The number of hydrogen-bond acceptors (Lipinski definition) is 4. The Hall–Kier alpha value is -2.89. The number of carboxylic acid groups (broad SMARTS) is 1. The van der Waals surface area contributed by atoms with E-state index in [0.29, 0.717) is 17.9 Å². The second-order valence-electron chi connectivity index (χ2n) is 5.94. The summed E-state index contributed by atoms with van der Waals surface area (Å²) in [6, 6.07) is 22.4. The zero-order chi connectivity index (χ0) is 18.4. The van der Waals surface area contributed by atoms with Gasteiger partial charge in [-0.25, -0.2) is 4.79 Å². The fraction of sp³-hybridized carbons (Fsp3) is 0.190. The molecule has 2 N–H and O–H groups in total. The molecule has 0 aliphatic rings. The van der Waals surface area contributed by atoms with Crippen LogP contribution in [0.25, 0.3) is 0 Å². The van der Waals surface area contributed by atoms with Crippen LogP contribution in [0.1, 0.15) is 22.6 Å². The van der Waals surface area contributed by atoms with Gasteiger partial charge in [0.15, 0.2) is 0 Å². The quantitative estimate of drug-likeness (QED) is 0.650. The number of aliphatic hydroxyl groups excluding tert-OH is 1. The van der Waals surface area contributed by atoms with E-state index in [0.717, 1.165) is 11.1 Å². The maximum atomic E-state index is 11.2. The van der Waals surface area contributed by atoms with Crippen LogP contribution in [0.5, 0.6) is 0 Å². The topological polar surface area (TPSA) is 79.9 Å². The highest BCUT2D eigenvalue weighted by Crippen LogP contribution is 2.37. The Balaban J connectivity index is 2.11. The number of aliphatic hydroxyl groups is 1. The maximum absolute atomic E-state index is 11.2. The van der Waals surface area contributed by atoms with Crippen molar-refractivity contribution in [3.05, 3.63) is 95.4 Å². The molecule has 2 aromatic carbocycles. The minimum absolute atomic E-state index is 0.195. The Morgan fingerprint density at radius 2 is 1.42 bits per heavy atom. The van der Waals surface area contributed by atoms with E-state index in [9.17, 15) is 15.0 Å².